The average Bonchev–Trinajstić information content (AvgIpc) is 3.24. The molecule has 0 N–H and O–H groups in total. The topological polar surface area (TPSA) is 85.7 Å². The van der Waals surface area contributed by atoms with E-state index < -0.39 is 24.4 Å². The molecule has 0 saturated heterocycles. The molecule has 0 unspecified atom stereocenters. The summed E-state index contributed by atoms with van der Waals surface area (Å²) in [4.78, 5) is 50.5. The maximum Gasteiger partial charge on any atom is 0.308 e. The number of hydrogen-bond donors (Lipinski definition) is 0. The first-order valence-corrected chi connectivity index (χ1v) is 10.4. The molecule has 1 aliphatic heterocycles. The SMILES string of the molecule is Cc1cc(C(=O)COC(=O)CCN2C(=O)c3ccccc3C2=O)c(C)n1-c1ccc(F)cc1. The highest BCUT2D eigenvalue weighted by atomic mass is 19.1. The Morgan fingerprint density at radius 1 is 0.939 bits per heavy atom. The van der Waals surface area contributed by atoms with E-state index in [-0.39, 0.29) is 24.6 Å². The van der Waals surface area contributed by atoms with Crippen molar-refractivity contribution >= 4 is 23.6 Å². The monoisotopic (exact) mass is 448 g/mol. The molecule has 0 fully saturated rings. The normalized spacial score (nSPS) is 12.8. The Hall–Kier alpha value is -4.07. The number of fused-ring (bicyclic) bond motifs is 1. The number of ether oxygens (including phenoxy) is 1. The quantitative estimate of drug-likeness (QED) is 0.313. The zero-order valence-electron chi connectivity index (χ0n) is 18.1. The summed E-state index contributed by atoms with van der Waals surface area (Å²) in [6.45, 7) is 2.99. The van der Waals surface area contributed by atoms with Crippen LogP contribution in [-0.4, -0.2) is 46.2 Å². The third-order valence-corrected chi connectivity index (χ3v) is 5.60. The van der Waals surface area contributed by atoms with Gasteiger partial charge < -0.3 is 9.30 Å². The van der Waals surface area contributed by atoms with Gasteiger partial charge in [0.15, 0.2) is 6.61 Å². The van der Waals surface area contributed by atoms with Gasteiger partial charge in [-0.3, -0.25) is 24.1 Å². The number of carbonyl (C=O) groups excluding carboxylic acids is 4. The molecule has 0 bridgehead atoms. The van der Waals surface area contributed by atoms with E-state index in [0.717, 1.165) is 10.6 Å². The lowest BCUT2D eigenvalue weighted by Gasteiger charge is -2.13. The van der Waals surface area contributed by atoms with Crippen molar-refractivity contribution in [3.63, 3.8) is 0 Å². The molecule has 1 aromatic heterocycles. The molecule has 4 rings (SSSR count). The number of aryl methyl sites for hydroxylation is 1. The second kappa shape index (κ2) is 8.82. The highest BCUT2D eigenvalue weighted by Gasteiger charge is 2.35. The molecule has 0 atom stereocenters. The van der Waals surface area contributed by atoms with Crippen LogP contribution in [-0.2, 0) is 9.53 Å². The summed E-state index contributed by atoms with van der Waals surface area (Å²) in [6, 6.07) is 14.1. The Morgan fingerprint density at radius 2 is 1.55 bits per heavy atom. The first-order valence-electron chi connectivity index (χ1n) is 10.4. The number of aromatic nitrogens is 1. The summed E-state index contributed by atoms with van der Waals surface area (Å²) >= 11 is 0. The van der Waals surface area contributed by atoms with E-state index in [4.69, 9.17) is 4.74 Å². The molecule has 1 aliphatic rings. The molecule has 2 heterocycles. The predicted octanol–water partition coefficient (Wildman–Crippen LogP) is 3.65. The van der Waals surface area contributed by atoms with Crippen LogP contribution in [0.15, 0.2) is 54.6 Å². The van der Waals surface area contributed by atoms with E-state index >= 15 is 0 Å². The number of hydrogen-bond acceptors (Lipinski definition) is 5. The molecule has 8 heteroatoms. The summed E-state index contributed by atoms with van der Waals surface area (Å²) in [7, 11) is 0. The fraction of sp³-hybridized carbons (Fsp3) is 0.200. The number of amides is 2. The molecule has 3 aromatic rings. The van der Waals surface area contributed by atoms with Crippen LogP contribution in [0.25, 0.3) is 5.69 Å². The number of ketones is 1. The van der Waals surface area contributed by atoms with E-state index in [1.54, 1.807) is 49.4 Å². The predicted molar refractivity (Wildman–Crippen MR) is 117 cm³/mol. The summed E-state index contributed by atoms with van der Waals surface area (Å²) in [5, 5.41) is 0. The summed E-state index contributed by atoms with van der Waals surface area (Å²) in [5.74, 6) is -2.33. The second-order valence-corrected chi connectivity index (χ2v) is 7.74. The van der Waals surface area contributed by atoms with Gasteiger partial charge in [-0.25, -0.2) is 4.39 Å². The minimum atomic E-state index is -0.688. The summed E-state index contributed by atoms with van der Waals surface area (Å²) < 4.78 is 20.1. The maximum atomic E-state index is 13.2. The number of rotatable bonds is 7. The fourth-order valence-electron chi connectivity index (χ4n) is 3.97. The van der Waals surface area contributed by atoms with Gasteiger partial charge in [-0.05, 0) is 56.3 Å². The first kappa shape index (κ1) is 22.1. The molecule has 0 saturated carbocycles. The van der Waals surface area contributed by atoms with Crippen LogP contribution in [0.2, 0.25) is 0 Å². The Labute approximate surface area is 189 Å². The van der Waals surface area contributed by atoms with E-state index in [0.29, 0.717) is 28.1 Å². The third-order valence-electron chi connectivity index (χ3n) is 5.60. The van der Waals surface area contributed by atoms with Crippen LogP contribution in [0.3, 0.4) is 0 Å². The number of benzene rings is 2. The van der Waals surface area contributed by atoms with Crippen molar-refractivity contribution < 1.29 is 28.3 Å². The number of esters is 1. The Bertz CT molecular complexity index is 1240. The van der Waals surface area contributed by atoms with Gasteiger partial charge in [0.2, 0.25) is 5.78 Å². The van der Waals surface area contributed by atoms with Crippen LogP contribution in [0, 0.1) is 19.7 Å². The van der Waals surface area contributed by atoms with Crippen LogP contribution in [0.4, 0.5) is 4.39 Å². The Balaban J connectivity index is 1.35. The molecular weight excluding hydrogens is 427 g/mol. The average molecular weight is 448 g/mol. The smallest absolute Gasteiger partial charge is 0.308 e. The standard InChI is InChI=1S/C25H21FN2O5/c1-15-13-21(16(2)28(15)18-9-7-17(26)8-10-18)22(29)14-33-23(30)11-12-27-24(31)19-5-3-4-6-20(19)25(27)32/h3-10,13H,11-12,14H2,1-2H3. The fourth-order valence-corrected chi connectivity index (χ4v) is 3.97. The second-order valence-electron chi connectivity index (χ2n) is 7.74. The lowest BCUT2D eigenvalue weighted by Crippen LogP contribution is -2.32. The first-order chi connectivity index (χ1) is 15.8. The highest BCUT2D eigenvalue weighted by molar-refractivity contribution is 6.21. The number of carbonyl (C=O) groups is 4. The molecule has 0 radical (unpaired) electrons. The van der Waals surface area contributed by atoms with Gasteiger partial charge >= 0.3 is 5.97 Å². The molecule has 2 amide bonds. The van der Waals surface area contributed by atoms with Gasteiger partial charge in [0.1, 0.15) is 5.82 Å². The van der Waals surface area contributed by atoms with Crippen LogP contribution >= 0.6 is 0 Å². The zero-order chi connectivity index (χ0) is 23.7. The molecule has 7 nitrogen and oxygen atoms in total. The zero-order valence-corrected chi connectivity index (χ0v) is 18.1. The Morgan fingerprint density at radius 3 is 2.15 bits per heavy atom. The molecule has 0 spiro atoms. The molecule has 33 heavy (non-hydrogen) atoms. The molecule has 0 aliphatic carbocycles. The van der Waals surface area contributed by atoms with E-state index in [1.807, 2.05) is 11.5 Å². The largest absolute Gasteiger partial charge is 0.457 e. The number of nitrogens with zero attached hydrogens (tertiary/aromatic N) is 2. The van der Waals surface area contributed by atoms with Crippen molar-refractivity contribution in [2.24, 2.45) is 0 Å². The van der Waals surface area contributed by atoms with Crippen LogP contribution in [0.5, 0.6) is 0 Å². The van der Waals surface area contributed by atoms with Crippen LogP contribution in [0.1, 0.15) is 48.9 Å². The maximum absolute atomic E-state index is 13.2. The van der Waals surface area contributed by atoms with Crippen molar-refractivity contribution in [3.05, 3.63) is 88.5 Å². The van der Waals surface area contributed by atoms with E-state index in [1.165, 1.54) is 12.1 Å². The minimum absolute atomic E-state index is 0.127. The molecular formula is C25H21FN2O5. The lowest BCUT2D eigenvalue weighted by atomic mass is 10.1. The summed E-state index contributed by atoms with van der Waals surface area (Å²) in [5.41, 5.74) is 3.14. The number of Topliss-reactive ketones (excluding diaryl/α,β-unsaturated/α-hetero) is 1. The molecule has 2 aromatic carbocycles. The van der Waals surface area contributed by atoms with Gasteiger partial charge in [0.05, 0.1) is 17.5 Å². The van der Waals surface area contributed by atoms with Crippen molar-refractivity contribution in [1.29, 1.82) is 0 Å². The van der Waals surface area contributed by atoms with E-state index in [9.17, 15) is 23.6 Å². The number of halogens is 1. The van der Waals surface area contributed by atoms with Crippen LogP contribution < -0.4 is 0 Å². The van der Waals surface area contributed by atoms with Crippen molar-refractivity contribution in [2.45, 2.75) is 20.3 Å². The minimum Gasteiger partial charge on any atom is -0.457 e. The third kappa shape index (κ3) is 4.19. The van der Waals surface area contributed by atoms with E-state index in [2.05, 4.69) is 0 Å². The van der Waals surface area contributed by atoms with Gasteiger partial charge in [0.25, 0.3) is 11.8 Å². The van der Waals surface area contributed by atoms with Crippen molar-refractivity contribution in [3.8, 4) is 5.69 Å². The van der Waals surface area contributed by atoms with Crippen molar-refractivity contribution in [1.82, 2.24) is 9.47 Å². The van der Waals surface area contributed by atoms with Gasteiger partial charge in [-0.15, -0.1) is 0 Å². The van der Waals surface area contributed by atoms with Gasteiger partial charge in [0, 0.05) is 29.2 Å². The van der Waals surface area contributed by atoms with Gasteiger partial charge in [-0.2, -0.15) is 0 Å². The van der Waals surface area contributed by atoms with Gasteiger partial charge in [-0.1, -0.05) is 12.1 Å². The lowest BCUT2D eigenvalue weighted by molar-refractivity contribution is -0.142. The number of imide groups is 1. The molecule has 168 valence electrons. The summed E-state index contributed by atoms with van der Waals surface area (Å²) in [6.07, 6.45) is -0.215. The van der Waals surface area contributed by atoms with Crippen molar-refractivity contribution in [2.75, 3.05) is 13.2 Å². The Kier molecular flexibility index (Phi) is 5.91. The highest BCUT2D eigenvalue weighted by Crippen LogP contribution is 2.23.